The Balaban J connectivity index is 3.46. The first-order chi connectivity index (χ1) is 4.22. The van der Waals surface area contributed by atoms with Gasteiger partial charge in [-0.05, 0) is 0 Å². The Morgan fingerprint density at radius 3 is 2.44 bits per heavy atom. The summed E-state index contributed by atoms with van der Waals surface area (Å²) in [5.74, 6) is -1.50. The molecule has 0 aliphatic heterocycles. The summed E-state index contributed by atoms with van der Waals surface area (Å²) in [4.78, 5) is 9.90. The van der Waals surface area contributed by atoms with E-state index in [4.69, 9.17) is 0 Å². The van der Waals surface area contributed by atoms with Crippen LogP contribution >= 0.6 is 0 Å². The largest absolute Gasteiger partial charge is 0.431 e. The number of hydrogen-bond acceptors (Lipinski definition) is 2. The first-order valence-electron chi connectivity index (χ1n) is 2.15. The highest BCUT2D eigenvalue weighted by Gasteiger charge is 2.17. The van der Waals surface area contributed by atoms with Gasteiger partial charge in [0.2, 0.25) is 13.0 Å². The highest BCUT2D eigenvalue weighted by molar-refractivity contribution is 5.74. The highest BCUT2D eigenvalue weighted by Crippen LogP contribution is 1.94. The Bertz CT molecular complexity index is 95.8. The fourth-order valence-electron chi connectivity index (χ4n) is 0.207. The van der Waals surface area contributed by atoms with E-state index in [0.29, 0.717) is 0 Å². The van der Waals surface area contributed by atoms with Crippen molar-refractivity contribution in [3.05, 3.63) is 0 Å². The molecule has 0 spiro atoms. The van der Waals surface area contributed by atoms with Crippen LogP contribution in [0.5, 0.6) is 0 Å². The molecule has 0 aliphatic rings. The predicted octanol–water partition coefficient (Wildman–Crippen LogP) is 0.764. The van der Waals surface area contributed by atoms with Crippen LogP contribution < -0.4 is 0 Å². The zero-order chi connectivity index (χ0) is 7.28. The lowest BCUT2D eigenvalue weighted by Gasteiger charge is -1.99. The van der Waals surface area contributed by atoms with Gasteiger partial charge in [-0.3, -0.25) is 0 Å². The molecule has 0 saturated carbocycles. The van der Waals surface area contributed by atoms with Gasteiger partial charge in [-0.25, -0.2) is 18.0 Å². The minimum absolute atomic E-state index is 1.42. The second-order valence-corrected chi connectivity index (χ2v) is 1.19. The van der Waals surface area contributed by atoms with Crippen LogP contribution in [0.25, 0.3) is 0 Å². The quantitative estimate of drug-likeness (QED) is 0.544. The first-order valence-corrected chi connectivity index (χ1v) is 2.15. The van der Waals surface area contributed by atoms with E-state index in [9.17, 15) is 18.0 Å². The van der Waals surface area contributed by atoms with Crippen LogP contribution in [0, 0.1) is 0 Å². The summed E-state index contributed by atoms with van der Waals surface area (Å²) in [5, 5.41) is 0. The Labute approximate surface area is 49.6 Å². The number of alkyl halides is 3. The number of rotatable bonds is 3. The van der Waals surface area contributed by atoms with Crippen molar-refractivity contribution in [2.45, 2.75) is 6.17 Å². The zero-order valence-corrected chi connectivity index (χ0v) is 4.44. The molecule has 0 saturated heterocycles. The molecule has 0 fully saturated rings. The van der Waals surface area contributed by atoms with E-state index in [0.717, 1.165) is 0 Å². The van der Waals surface area contributed by atoms with Crippen LogP contribution in [0.15, 0.2) is 0 Å². The van der Waals surface area contributed by atoms with Gasteiger partial charge in [-0.2, -0.15) is 0 Å². The summed E-state index contributed by atoms with van der Waals surface area (Å²) in [6, 6.07) is 0. The van der Waals surface area contributed by atoms with E-state index in [1.54, 1.807) is 0 Å². The summed E-state index contributed by atoms with van der Waals surface area (Å²) in [7, 11) is 0. The molecular formula is C4H5F3O2. The molecule has 0 rings (SSSR count). The van der Waals surface area contributed by atoms with Crippen molar-refractivity contribution in [1.29, 1.82) is 0 Å². The third-order valence-corrected chi connectivity index (χ3v) is 0.588. The van der Waals surface area contributed by atoms with Gasteiger partial charge < -0.3 is 4.74 Å². The van der Waals surface area contributed by atoms with Gasteiger partial charge in [0.05, 0.1) is 0 Å². The molecule has 54 valence electrons. The van der Waals surface area contributed by atoms with Gasteiger partial charge in [-0.15, -0.1) is 0 Å². The number of esters is 1. The lowest BCUT2D eigenvalue weighted by Crippen LogP contribution is -2.20. The van der Waals surface area contributed by atoms with E-state index >= 15 is 0 Å². The Morgan fingerprint density at radius 2 is 2.11 bits per heavy atom. The number of carbonyl (C=O) groups is 1. The maximum atomic E-state index is 11.7. The Kier molecular flexibility index (Phi) is 3.83. The highest BCUT2D eigenvalue weighted by atomic mass is 19.2. The molecule has 0 aliphatic carbocycles. The van der Waals surface area contributed by atoms with Crippen LogP contribution in [0.2, 0.25) is 0 Å². The molecule has 5 heteroatoms. The standard InChI is InChI=1S/C4H5F3O2/c5-1-3(7)4(8)9-2-6/h3H,1-2H2/t3-/m1/s1. The molecule has 0 heterocycles. The molecule has 0 aromatic carbocycles. The van der Waals surface area contributed by atoms with Gasteiger partial charge >= 0.3 is 5.97 Å². The average Bonchev–Trinajstić information content (AvgIpc) is 1.87. The van der Waals surface area contributed by atoms with E-state index in [1.807, 2.05) is 0 Å². The van der Waals surface area contributed by atoms with Crippen LogP contribution in [-0.2, 0) is 9.53 Å². The number of halogens is 3. The van der Waals surface area contributed by atoms with Crippen molar-refractivity contribution in [2.24, 2.45) is 0 Å². The topological polar surface area (TPSA) is 26.3 Å². The molecule has 0 N–H and O–H groups in total. The molecule has 9 heavy (non-hydrogen) atoms. The second kappa shape index (κ2) is 4.17. The summed E-state index contributed by atoms with van der Waals surface area (Å²) >= 11 is 0. The second-order valence-electron chi connectivity index (χ2n) is 1.19. The normalized spacial score (nSPS) is 12.8. The molecule has 0 amide bonds. The summed E-state index contributed by atoms with van der Waals surface area (Å²) < 4.78 is 37.3. The van der Waals surface area contributed by atoms with Crippen LogP contribution in [0.1, 0.15) is 0 Å². The molecule has 2 nitrogen and oxygen atoms in total. The minimum Gasteiger partial charge on any atom is -0.431 e. The van der Waals surface area contributed by atoms with Gasteiger partial charge in [0.1, 0.15) is 6.67 Å². The monoisotopic (exact) mass is 142 g/mol. The van der Waals surface area contributed by atoms with E-state index < -0.39 is 25.7 Å². The fraction of sp³-hybridized carbons (Fsp3) is 0.750. The van der Waals surface area contributed by atoms with Crippen LogP contribution in [0.4, 0.5) is 13.2 Å². The molecule has 0 bridgehead atoms. The Morgan fingerprint density at radius 1 is 1.56 bits per heavy atom. The van der Waals surface area contributed by atoms with E-state index in [1.165, 1.54) is 0 Å². The van der Waals surface area contributed by atoms with Gasteiger partial charge in [0.25, 0.3) is 0 Å². The minimum atomic E-state index is -2.35. The fourth-order valence-corrected chi connectivity index (χ4v) is 0.207. The smallest absolute Gasteiger partial charge is 0.345 e. The summed E-state index contributed by atoms with van der Waals surface area (Å²) in [5.41, 5.74) is 0. The van der Waals surface area contributed by atoms with Crippen molar-refractivity contribution >= 4 is 5.97 Å². The summed E-state index contributed by atoms with van der Waals surface area (Å²) in [6.45, 7) is -2.89. The molecule has 0 aromatic heterocycles. The third kappa shape index (κ3) is 2.94. The SMILES string of the molecule is O=C(OCF)[C@H](F)CF. The lowest BCUT2D eigenvalue weighted by atomic mass is 10.4. The first kappa shape index (κ1) is 8.26. The predicted molar refractivity (Wildman–Crippen MR) is 22.9 cm³/mol. The summed E-state index contributed by atoms with van der Waals surface area (Å²) in [6.07, 6.45) is -2.35. The number of carbonyl (C=O) groups excluding carboxylic acids is 1. The van der Waals surface area contributed by atoms with Crippen molar-refractivity contribution in [2.75, 3.05) is 13.5 Å². The average molecular weight is 142 g/mol. The molecule has 0 unspecified atom stereocenters. The number of ether oxygens (including phenoxy) is 1. The Hall–Kier alpha value is -0.740. The van der Waals surface area contributed by atoms with Crippen LogP contribution in [0.3, 0.4) is 0 Å². The maximum Gasteiger partial charge on any atom is 0.345 e. The van der Waals surface area contributed by atoms with Crippen LogP contribution in [-0.4, -0.2) is 25.7 Å². The molecule has 1 atom stereocenters. The third-order valence-electron chi connectivity index (χ3n) is 0.588. The van der Waals surface area contributed by atoms with Gasteiger partial charge in [0, 0.05) is 0 Å². The van der Waals surface area contributed by atoms with E-state index in [2.05, 4.69) is 4.74 Å². The number of hydrogen-bond donors (Lipinski definition) is 0. The van der Waals surface area contributed by atoms with Gasteiger partial charge in [-0.1, -0.05) is 0 Å². The molecular weight excluding hydrogens is 137 g/mol. The maximum absolute atomic E-state index is 11.7. The van der Waals surface area contributed by atoms with Crippen molar-refractivity contribution in [3.63, 3.8) is 0 Å². The zero-order valence-electron chi connectivity index (χ0n) is 4.44. The molecule has 0 aromatic rings. The lowest BCUT2D eigenvalue weighted by molar-refractivity contribution is -0.154. The van der Waals surface area contributed by atoms with Crippen molar-refractivity contribution in [1.82, 2.24) is 0 Å². The van der Waals surface area contributed by atoms with E-state index in [-0.39, 0.29) is 0 Å². The van der Waals surface area contributed by atoms with Crippen molar-refractivity contribution < 1.29 is 22.7 Å². The van der Waals surface area contributed by atoms with Crippen molar-refractivity contribution in [3.8, 4) is 0 Å². The van der Waals surface area contributed by atoms with Gasteiger partial charge in [0.15, 0.2) is 0 Å². The molecule has 0 radical (unpaired) electrons.